The van der Waals surface area contributed by atoms with Crippen LogP contribution >= 0.6 is 11.6 Å². The quantitative estimate of drug-likeness (QED) is 0.430. The number of esters is 1. The lowest BCUT2D eigenvalue weighted by Gasteiger charge is -1.81. The molecule has 10 heavy (non-hydrogen) atoms. The molecule has 1 saturated heterocycles. The van der Waals surface area contributed by atoms with Gasteiger partial charge >= 0.3 is 5.97 Å². The number of alkyl halides is 1. The van der Waals surface area contributed by atoms with Crippen LogP contribution in [0.15, 0.2) is 0 Å². The Labute approximate surface area is 64.9 Å². The molecule has 0 aromatic heterocycles. The Bertz CT molecular complexity index is 92.4. The minimum Gasteiger partial charge on any atom is -0.466 e. The van der Waals surface area contributed by atoms with Gasteiger partial charge in [-0.25, -0.2) is 0 Å². The van der Waals surface area contributed by atoms with Crippen molar-refractivity contribution in [3.63, 3.8) is 0 Å². The predicted octanol–water partition coefficient (Wildman–Crippen LogP) is 0.887. The van der Waals surface area contributed by atoms with Crippen molar-refractivity contribution in [2.24, 2.45) is 0 Å². The van der Waals surface area contributed by atoms with E-state index in [1.54, 1.807) is 0 Å². The minimum absolute atomic E-state index is 0.0463. The van der Waals surface area contributed by atoms with E-state index in [0.717, 1.165) is 6.42 Å². The molecular weight excluding hydrogens is 156 g/mol. The fourth-order valence-electron chi connectivity index (χ4n) is 0.475. The molecule has 0 aliphatic carbocycles. The van der Waals surface area contributed by atoms with Gasteiger partial charge in [0.2, 0.25) is 0 Å². The van der Waals surface area contributed by atoms with Gasteiger partial charge in [0.1, 0.15) is 5.56 Å². The molecule has 0 radical (unpaired) electrons. The van der Waals surface area contributed by atoms with Crippen LogP contribution in [-0.4, -0.2) is 23.2 Å². The van der Waals surface area contributed by atoms with E-state index in [4.69, 9.17) is 16.7 Å². The molecule has 0 aromatic carbocycles. The molecule has 1 unspecified atom stereocenters. The van der Waals surface area contributed by atoms with Crippen LogP contribution < -0.4 is 0 Å². The number of rotatable bonds is 0. The number of hydrogen-bond acceptors (Lipinski definition) is 3. The lowest BCUT2D eigenvalue weighted by Crippen LogP contribution is -1.88. The second kappa shape index (κ2) is 5.50. The Morgan fingerprint density at radius 2 is 2.30 bits per heavy atom. The molecule has 0 amide bonds. The number of carbonyl (C=O) groups excluding carboxylic acids is 1. The number of halogens is 1. The molecule has 3 nitrogen and oxygen atoms in total. The summed E-state index contributed by atoms with van der Waals surface area (Å²) in [6.45, 7) is 2.13. The number of carbonyl (C=O) groups is 1. The molecule has 0 bridgehead atoms. The molecule has 1 fully saturated rings. The van der Waals surface area contributed by atoms with Gasteiger partial charge in [0.25, 0.3) is 0 Å². The number of aliphatic hydroxyl groups excluding tert-OH is 1. The van der Waals surface area contributed by atoms with Gasteiger partial charge in [0.15, 0.2) is 0 Å². The van der Waals surface area contributed by atoms with Crippen molar-refractivity contribution in [2.45, 2.75) is 25.3 Å². The molecule has 0 spiro atoms. The highest BCUT2D eigenvalue weighted by molar-refractivity contribution is 6.19. The van der Waals surface area contributed by atoms with E-state index in [1.165, 1.54) is 6.92 Å². The summed E-state index contributed by atoms with van der Waals surface area (Å²) >= 11 is 4.83. The van der Waals surface area contributed by atoms with E-state index in [2.05, 4.69) is 4.74 Å². The van der Waals surface area contributed by atoms with Gasteiger partial charge in [0.05, 0.1) is 6.61 Å². The molecule has 1 N–H and O–H groups in total. The summed E-state index contributed by atoms with van der Waals surface area (Å²) < 4.78 is 4.51. The molecule has 4 heteroatoms. The first-order valence-corrected chi connectivity index (χ1v) is 3.54. The van der Waals surface area contributed by atoms with E-state index < -0.39 is 5.56 Å². The van der Waals surface area contributed by atoms with Crippen LogP contribution in [0.2, 0.25) is 0 Å². The summed E-state index contributed by atoms with van der Waals surface area (Å²) in [5, 5.41) is 7.82. The Morgan fingerprint density at radius 3 is 2.40 bits per heavy atom. The number of ether oxygens (including phenoxy) is 1. The molecule has 1 heterocycles. The van der Waals surface area contributed by atoms with Crippen LogP contribution in [-0.2, 0) is 9.53 Å². The molecule has 0 aromatic rings. The molecule has 0 saturated carbocycles. The van der Waals surface area contributed by atoms with E-state index in [9.17, 15) is 4.79 Å². The zero-order chi connectivity index (χ0) is 7.98. The fraction of sp³-hybridized carbons (Fsp3) is 0.833. The zero-order valence-electron chi connectivity index (χ0n) is 5.84. The van der Waals surface area contributed by atoms with Crippen LogP contribution in [0.4, 0.5) is 0 Å². The highest BCUT2D eigenvalue weighted by Crippen LogP contribution is 2.01. The van der Waals surface area contributed by atoms with Crippen molar-refractivity contribution >= 4 is 17.6 Å². The second-order valence-electron chi connectivity index (χ2n) is 1.90. The summed E-state index contributed by atoms with van der Waals surface area (Å²) in [5.41, 5.74) is -0.694. The smallest absolute Gasteiger partial charge is 0.305 e. The average Bonchev–Trinajstić information content (AvgIpc) is 2.15. The monoisotopic (exact) mass is 166 g/mol. The largest absolute Gasteiger partial charge is 0.466 e. The van der Waals surface area contributed by atoms with Crippen LogP contribution in [0, 0.1) is 0 Å². The maximum atomic E-state index is 10.0. The highest BCUT2D eigenvalue weighted by Gasteiger charge is 2.08. The molecule has 60 valence electrons. The predicted molar refractivity (Wildman–Crippen MR) is 37.7 cm³/mol. The number of cyclic esters (lactones) is 1. The van der Waals surface area contributed by atoms with Gasteiger partial charge in [-0.15, -0.1) is 0 Å². The first kappa shape index (κ1) is 9.72. The molecule has 1 atom stereocenters. The SMILES string of the molecule is CC(O)Cl.O=C1CCCO1. The fourth-order valence-corrected chi connectivity index (χ4v) is 0.475. The molecule has 1 aliphatic heterocycles. The summed E-state index contributed by atoms with van der Waals surface area (Å²) in [6.07, 6.45) is 1.54. The van der Waals surface area contributed by atoms with E-state index in [0.29, 0.717) is 13.0 Å². The van der Waals surface area contributed by atoms with Crippen molar-refractivity contribution in [2.75, 3.05) is 6.61 Å². The molecule has 1 rings (SSSR count). The lowest BCUT2D eigenvalue weighted by atomic mass is 10.4. The van der Waals surface area contributed by atoms with Gasteiger partial charge in [-0.2, -0.15) is 0 Å². The van der Waals surface area contributed by atoms with Crippen molar-refractivity contribution in [3.8, 4) is 0 Å². The van der Waals surface area contributed by atoms with Crippen LogP contribution in [0.3, 0.4) is 0 Å². The van der Waals surface area contributed by atoms with E-state index in [1.807, 2.05) is 0 Å². The second-order valence-corrected chi connectivity index (χ2v) is 2.53. The highest BCUT2D eigenvalue weighted by atomic mass is 35.5. The Kier molecular flexibility index (Phi) is 5.35. The molecule has 1 aliphatic rings. The van der Waals surface area contributed by atoms with Crippen molar-refractivity contribution < 1.29 is 14.6 Å². The van der Waals surface area contributed by atoms with Crippen LogP contribution in [0.1, 0.15) is 19.8 Å². The van der Waals surface area contributed by atoms with Crippen molar-refractivity contribution in [1.29, 1.82) is 0 Å². The van der Waals surface area contributed by atoms with Gasteiger partial charge < -0.3 is 9.84 Å². The van der Waals surface area contributed by atoms with Crippen LogP contribution in [0.5, 0.6) is 0 Å². The van der Waals surface area contributed by atoms with Crippen LogP contribution in [0.25, 0.3) is 0 Å². The van der Waals surface area contributed by atoms with E-state index in [-0.39, 0.29) is 5.97 Å². The first-order valence-electron chi connectivity index (χ1n) is 3.10. The molecular formula is C6H11ClO3. The van der Waals surface area contributed by atoms with Gasteiger partial charge in [-0.05, 0) is 13.3 Å². The van der Waals surface area contributed by atoms with Crippen molar-refractivity contribution in [1.82, 2.24) is 0 Å². The Hall–Kier alpha value is -0.280. The summed E-state index contributed by atoms with van der Waals surface area (Å²) in [7, 11) is 0. The average molecular weight is 167 g/mol. The van der Waals surface area contributed by atoms with E-state index >= 15 is 0 Å². The third-order valence-electron chi connectivity index (χ3n) is 0.788. The topological polar surface area (TPSA) is 46.5 Å². The third-order valence-corrected chi connectivity index (χ3v) is 0.788. The standard InChI is InChI=1S/C4H6O2.C2H5ClO/c5-4-2-1-3-6-4;1-2(3)4/h1-3H2;2,4H,1H3. The zero-order valence-corrected chi connectivity index (χ0v) is 6.60. The number of aliphatic hydroxyl groups is 1. The third kappa shape index (κ3) is 7.72. The summed E-state index contributed by atoms with van der Waals surface area (Å²) in [6, 6.07) is 0. The number of hydrogen-bond donors (Lipinski definition) is 1. The Balaban J connectivity index is 0.000000180. The normalized spacial score (nSPS) is 18.9. The first-order chi connectivity index (χ1) is 4.63. The Morgan fingerprint density at radius 1 is 1.80 bits per heavy atom. The maximum Gasteiger partial charge on any atom is 0.305 e. The summed E-state index contributed by atoms with van der Waals surface area (Å²) in [5.74, 6) is -0.0463. The van der Waals surface area contributed by atoms with Gasteiger partial charge in [0, 0.05) is 6.42 Å². The van der Waals surface area contributed by atoms with Crippen molar-refractivity contribution in [3.05, 3.63) is 0 Å². The maximum absolute atomic E-state index is 10.0. The lowest BCUT2D eigenvalue weighted by molar-refractivity contribution is -0.137. The summed E-state index contributed by atoms with van der Waals surface area (Å²) in [4.78, 5) is 10.0. The minimum atomic E-state index is -0.694. The van der Waals surface area contributed by atoms with Gasteiger partial charge in [-0.1, -0.05) is 11.6 Å². The van der Waals surface area contributed by atoms with Gasteiger partial charge in [-0.3, -0.25) is 4.79 Å².